The zero-order valence-electron chi connectivity index (χ0n) is 20.5. The lowest BCUT2D eigenvalue weighted by Gasteiger charge is -2.45. The summed E-state index contributed by atoms with van der Waals surface area (Å²) >= 11 is 0. The zero-order valence-corrected chi connectivity index (χ0v) is 21.3. The van der Waals surface area contributed by atoms with E-state index in [1.165, 1.54) is 37.9 Å². The number of fused-ring (bicyclic) bond motifs is 3. The number of piperidine rings is 1. The quantitative estimate of drug-likeness (QED) is 0.594. The van der Waals surface area contributed by atoms with E-state index in [9.17, 15) is 18.0 Å². The number of nitrogens with zero attached hydrogens (tertiary/aromatic N) is 4. The first kappa shape index (κ1) is 24.9. The predicted molar refractivity (Wildman–Crippen MR) is 133 cm³/mol. The van der Waals surface area contributed by atoms with Crippen molar-refractivity contribution >= 4 is 33.2 Å². The molecule has 0 radical (unpaired) electrons. The van der Waals surface area contributed by atoms with E-state index in [-0.39, 0.29) is 29.3 Å². The van der Waals surface area contributed by atoms with Crippen molar-refractivity contribution in [3.8, 4) is 0 Å². The normalized spacial score (nSPS) is 22.0. The fourth-order valence-electron chi connectivity index (χ4n) is 5.26. The minimum atomic E-state index is -3.67. The first-order valence-corrected chi connectivity index (χ1v) is 13.8. The van der Waals surface area contributed by atoms with E-state index in [0.717, 1.165) is 55.3 Å². The zero-order chi connectivity index (χ0) is 24.5. The highest BCUT2D eigenvalue weighted by Gasteiger charge is 2.40. The molecular weight excluding hydrogens is 454 g/mol. The van der Waals surface area contributed by atoms with E-state index in [1.807, 2.05) is 0 Å². The van der Waals surface area contributed by atoms with Crippen LogP contribution in [0.5, 0.6) is 0 Å². The molecule has 0 unspecified atom stereocenters. The van der Waals surface area contributed by atoms with Crippen LogP contribution in [0.25, 0.3) is 0 Å². The summed E-state index contributed by atoms with van der Waals surface area (Å²) in [6, 6.07) is 5.01. The average Bonchev–Trinajstić information content (AvgIpc) is 3.36. The molecule has 3 heterocycles. The molecule has 0 aliphatic carbocycles. The van der Waals surface area contributed by atoms with E-state index in [2.05, 4.69) is 22.0 Å². The maximum Gasteiger partial charge on any atom is 0.250 e. The Labute approximate surface area is 203 Å². The fraction of sp³-hybridized carbons (Fsp3) is 0.667. The molecule has 9 nitrogen and oxygen atoms in total. The molecule has 0 bridgehead atoms. The Kier molecular flexibility index (Phi) is 7.49. The van der Waals surface area contributed by atoms with E-state index < -0.39 is 10.0 Å². The number of likely N-dealkylation sites (tertiary alicyclic amines) is 1. The van der Waals surface area contributed by atoms with Crippen LogP contribution in [0, 0.1) is 0 Å². The monoisotopic (exact) mass is 491 g/mol. The van der Waals surface area contributed by atoms with Gasteiger partial charge in [-0.3, -0.25) is 14.5 Å². The third kappa shape index (κ3) is 4.94. The van der Waals surface area contributed by atoms with Crippen molar-refractivity contribution in [2.75, 3.05) is 56.6 Å². The van der Waals surface area contributed by atoms with Crippen molar-refractivity contribution in [1.29, 1.82) is 0 Å². The molecule has 3 aliphatic heterocycles. The lowest BCUT2D eigenvalue weighted by Crippen LogP contribution is -2.57. The summed E-state index contributed by atoms with van der Waals surface area (Å²) in [5, 5.41) is 2.97. The largest absolute Gasteiger partial charge is 0.358 e. The van der Waals surface area contributed by atoms with Crippen LogP contribution in [0.15, 0.2) is 23.1 Å². The topological polar surface area (TPSA) is 93.3 Å². The Morgan fingerprint density at radius 3 is 2.53 bits per heavy atom. The minimum absolute atomic E-state index is 0.111. The highest BCUT2D eigenvalue weighted by atomic mass is 32.2. The Morgan fingerprint density at radius 2 is 1.82 bits per heavy atom. The van der Waals surface area contributed by atoms with Crippen molar-refractivity contribution in [3.05, 3.63) is 18.2 Å². The van der Waals surface area contributed by atoms with Gasteiger partial charge < -0.3 is 15.1 Å². The second kappa shape index (κ2) is 10.2. The molecule has 2 amide bonds. The minimum Gasteiger partial charge on any atom is -0.358 e. The number of anilines is 2. The number of amides is 2. The Morgan fingerprint density at radius 1 is 1.12 bits per heavy atom. The average molecular weight is 492 g/mol. The number of benzene rings is 1. The molecule has 0 saturated carbocycles. The highest BCUT2D eigenvalue weighted by molar-refractivity contribution is 7.89. The van der Waals surface area contributed by atoms with Gasteiger partial charge in [-0.15, -0.1) is 0 Å². The Balaban J connectivity index is 1.52. The van der Waals surface area contributed by atoms with Gasteiger partial charge in [-0.2, -0.15) is 0 Å². The van der Waals surface area contributed by atoms with Crippen molar-refractivity contribution in [3.63, 3.8) is 0 Å². The van der Waals surface area contributed by atoms with E-state index in [1.54, 1.807) is 12.1 Å². The predicted octanol–water partition coefficient (Wildman–Crippen LogP) is 1.63. The van der Waals surface area contributed by atoms with Crippen LogP contribution in [0.1, 0.15) is 45.4 Å². The van der Waals surface area contributed by atoms with Gasteiger partial charge in [0.05, 0.1) is 16.3 Å². The smallest absolute Gasteiger partial charge is 0.250 e. The number of hydrogen-bond acceptors (Lipinski definition) is 6. The lowest BCUT2D eigenvalue weighted by molar-refractivity contribution is -0.125. The summed E-state index contributed by atoms with van der Waals surface area (Å²) in [5.41, 5.74) is 1.31. The SMILES string of the molecule is C[C@H](CCNC(=O)CN1C(=O)[C@H]2CCCCN2c2ccc(S(=O)(=O)N(C)C)cc21)N1CCCC1. The van der Waals surface area contributed by atoms with Gasteiger partial charge in [0.15, 0.2) is 0 Å². The van der Waals surface area contributed by atoms with Gasteiger partial charge in [0.1, 0.15) is 12.6 Å². The van der Waals surface area contributed by atoms with Crippen molar-refractivity contribution in [2.45, 2.75) is 62.4 Å². The fourth-order valence-corrected chi connectivity index (χ4v) is 6.18. The van der Waals surface area contributed by atoms with Crippen LogP contribution < -0.4 is 15.1 Å². The Bertz CT molecular complexity index is 1020. The maximum atomic E-state index is 13.4. The van der Waals surface area contributed by atoms with E-state index in [0.29, 0.717) is 18.3 Å². The van der Waals surface area contributed by atoms with E-state index >= 15 is 0 Å². The third-order valence-corrected chi connectivity index (χ3v) is 9.14. The van der Waals surface area contributed by atoms with Gasteiger partial charge in [0, 0.05) is 33.2 Å². The van der Waals surface area contributed by atoms with Gasteiger partial charge in [-0.25, -0.2) is 12.7 Å². The standard InChI is InChI=1S/C24H37N5O4S/c1-18(27-13-6-7-14-27)11-12-25-23(30)17-29-22-16-19(34(32,33)26(2)3)9-10-20(22)28-15-5-4-8-21(28)24(29)31/h9-10,16,18,21H,4-8,11-15,17H2,1-3H3,(H,25,30)/t18-,21-/m1/s1. The van der Waals surface area contributed by atoms with Crippen LogP contribution in [0.4, 0.5) is 11.4 Å². The molecule has 4 rings (SSSR count). The van der Waals surface area contributed by atoms with Crippen LogP contribution >= 0.6 is 0 Å². The molecule has 34 heavy (non-hydrogen) atoms. The molecule has 3 aliphatic rings. The van der Waals surface area contributed by atoms with Crippen molar-refractivity contribution < 1.29 is 18.0 Å². The van der Waals surface area contributed by atoms with Crippen LogP contribution in [0.3, 0.4) is 0 Å². The van der Waals surface area contributed by atoms with Crippen LogP contribution in [0.2, 0.25) is 0 Å². The van der Waals surface area contributed by atoms with Gasteiger partial charge in [-0.05, 0) is 76.7 Å². The maximum absolute atomic E-state index is 13.4. The van der Waals surface area contributed by atoms with Crippen molar-refractivity contribution in [2.24, 2.45) is 0 Å². The molecular formula is C24H37N5O4S. The molecule has 0 spiro atoms. The molecule has 0 aromatic heterocycles. The molecule has 1 aromatic rings. The molecule has 10 heteroatoms. The first-order valence-electron chi connectivity index (χ1n) is 12.4. The Hall–Kier alpha value is -2.17. The van der Waals surface area contributed by atoms with Gasteiger partial charge in [-0.1, -0.05) is 0 Å². The summed E-state index contributed by atoms with van der Waals surface area (Å²) in [7, 11) is -0.707. The molecule has 188 valence electrons. The second-order valence-corrected chi connectivity index (χ2v) is 11.9. The summed E-state index contributed by atoms with van der Waals surface area (Å²) in [4.78, 5) is 32.4. The van der Waals surface area contributed by atoms with Crippen LogP contribution in [-0.2, 0) is 19.6 Å². The number of nitrogens with one attached hydrogen (secondary N) is 1. The summed E-state index contributed by atoms with van der Waals surface area (Å²) in [6.45, 7) is 5.61. The van der Waals surface area contributed by atoms with Crippen molar-refractivity contribution in [1.82, 2.24) is 14.5 Å². The molecule has 2 fully saturated rings. The highest BCUT2D eigenvalue weighted by Crippen LogP contribution is 2.40. The van der Waals surface area contributed by atoms with E-state index in [4.69, 9.17) is 0 Å². The summed E-state index contributed by atoms with van der Waals surface area (Å²) < 4.78 is 26.7. The number of sulfonamides is 1. The van der Waals surface area contributed by atoms with Gasteiger partial charge in [0.2, 0.25) is 21.8 Å². The molecule has 2 atom stereocenters. The molecule has 2 saturated heterocycles. The summed E-state index contributed by atoms with van der Waals surface area (Å²) in [6.07, 6.45) is 6.01. The molecule has 1 aromatic carbocycles. The van der Waals surface area contributed by atoms with Gasteiger partial charge >= 0.3 is 0 Å². The molecule has 1 N–H and O–H groups in total. The lowest BCUT2D eigenvalue weighted by atomic mass is 9.96. The number of hydrogen-bond donors (Lipinski definition) is 1. The number of rotatable bonds is 8. The number of carbonyl (C=O) groups is 2. The van der Waals surface area contributed by atoms with Gasteiger partial charge in [0.25, 0.3) is 0 Å². The number of carbonyl (C=O) groups excluding carboxylic acids is 2. The second-order valence-electron chi connectivity index (χ2n) is 9.80. The van der Waals surface area contributed by atoms with Crippen LogP contribution in [-0.4, -0.2) is 88.3 Å². The third-order valence-electron chi connectivity index (χ3n) is 7.33. The summed E-state index contributed by atoms with van der Waals surface area (Å²) in [5.74, 6) is -0.356. The first-order chi connectivity index (χ1) is 16.2.